The molecule has 0 spiro atoms. The van der Waals surface area contributed by atoms with Crippen molar-refractivity contribution in [3.8, 4) is 12.3 Å². The van der Waals surface area contributed by atoms with Crippen molar-refractivity contribution in [2.75, 3.05) is 0 Å². The van der Waals surface area contributed by atoms with Gasteiger partial charge in [-0.05, 0) is 39.6 Å². The Morgan fingerprint density at radius 3 is 2.91 bits per heavy atom. The maximum Gasteiger partial charge on any atom is 0.107 e. The third kappa shape index (κ3) is 2.17. The van der Waals surface area contributed by atoms with Gasteiger partial charge in [-0.15, -0.1) is 17.8 Å². The largest absolute Gasteiger partial charge is 0.270 e. The molecule has 1 rings (SSSR count). The highest BCUT2D eigenvalue weighted by atomic mass is 127. The van der Waals surface area contributed by atoms with Crippen LogP contribution in [0.3, 0.4) is 0 Å². The maximum atomic E-state index is 5.23. The third-order valence-corrected chi connectivity index (χ3v) is 3.06. The zero-order chi connectivity index (χ0) is 8.27. The Bertz CT molecular complexity index is 276. The molecule has 1 atom stereocenters. The number of terminal acetylenes is 1. The van der Waals surface area contributed by atoms with Crippen molar-refractivity contribution < 1.29 is 0 Å². The molecule has 0 aliphatic rings. The molecule has 1 aromatic rings. The van der Waals surface area contributed by atoms with Crippen molar-refractivity contribution in [2.24, 2.45) is 5.84 Å². The van der Waals surface area contributed by atoms with E-state index in [0.29, 0.717) is 0 Å². The summed E-state index contributed by atoms with van der Waals surface area (Å²) >= 11 is 3.91. The van der Waals surface area contributed by atoms with Gasteiger partial charge in [-0.3, -0.25) is 5.84 Å². The lowest BCUT2D eigenvalue weighted by molar-refractivity contribution is 0.675. The first kappa shape index (κ1) is 9.00. The highest BCUT2D eigenvalue weighted by Crippen LogP contribution is 2.21. The number of hydrazine groups is 1. The van der Waals surface area contributed by atoms with Crippen LogP contribution in [-0.2, 0) is 0 Å². The van der Waals surface area contributed by atoms with Crippen LogP contribution >= 0.6 is 33.9 Å². The quantitative estimate of drug-likeness (QED) is 0.372. The van der Waals surface area contributed by atoms with Crippen LogP contribution in [0.1, 0.15) is 11.6 Å². The van der Waals surface area contributed by atoms with E-state index in [1.54, 1.807) is 11.3 Å². The Morgan fingerprint density at radius 1 is 1.82 bits per heavy atom. The number of halogens is 1. The van der Waals surface area contributed by atoms with Gasteiger partial charge in [0, 0.05) is 0 Å². The molecule has 0 amide bonds. The molecule has 58 valence electrons. The number of thiophene rings is 1. The zero-order valence-electron chi connectivity index (χ0n) is 5.67. The molecule has 2 nitrogen and oxygen atoms in total. The lowest BCUT2D eigenvalue weighted by Gasteiger charge is -2.04. The molecule has 0 fully saturated rings. The van der Waals surface area contributed by atoms with E-state index in [0.717, 1.165) is 5.56 Å². The van der Waals surface area contributed by atoms with Crippen LogP contribution in [0.25, 0.3) is 0 Å². The lowest BCUT2D eigenvalue weighted by atomic mass is 10.2. The van der Waals surface area contributed by atoms with E-state index in [4.69, 9.17) is 12.3 Å². The average Bonchev–Trinajstić information content (AvgIpc) is 2.39. The Balaban J connectivity index is 2.84. The minimum atomic E-state index is -0.158. The molecule has 0 aromatic carbocycles. The normalized spacial score (nSPS) is 12.5. The summed E-state index contributed by atoms with van der Waals surface area (Å²) < 4.78 is 1.22. The van der Waals surface area contributed by atoms with Gasteiger partial charge in [-0.2, -0.15) is 0 Å². The molecular formula is C7H7IN2S. The molecule has 0 aliphatic carbocycles. The topological polar surface area (TPSA) is 38.0 Å². The van der Waals surface area contributed by atoms with Gasteiger partial charge in [-0.25, -0.2) is 5.43 Å². The van der Waals surface area contributed by atoms with Crippen molar-refractivity contribution >= 4 is 33.9 Å². The standard InChI is InChI=1S/C7H7IN2S/c1-2-6(10-9)5-3-7(8)11-4-5/h1,3-4,6,10H,9H2. The minimum absolute atomic E-state index is 0.158. The second-order valence-electron chi connectivity index (χ2n) is 1.95. The van der Waals surface area contributed by atoms with Crippen LogP contribution in [0.15, 0.2) is 11.4 Å². The van der Waals surface area contributed by atoms with Crippen LogP contribution in [-0.4, -0.2) is 0 Å². The molecule has 3 N–H and O–H groups in total. The van der Waals surface area contributed by atoms with Crippen molar-refractivity contribution in [3.63, 3.8) is 0 Å². The fourth-order valence-electron chi connectivity index (χ4n) is 0.715. The molecule has 0 aliphatic heterocycles. The minimum Gasteiger partial charge on any atom is -0.270 e. The Morgan fingerprint density at radius 2 is 2.55 bits per heavy atom. The zero-order valence-corrected chi connectivity index (χ0v) is 8.65. The number of rotatable bonds is 2. The number of nitrogens with two attached hydrogens (primary N) is 1. The van der Waals surface area contributed by atoms with Gasteiger partial charge < -0.3 is 0 Å². The summed E-state index contributed by atoms with van der Waals surface area (Å²) in [6, 6.07) is 1.87. The van der Waals surface area contributed by atoms with Gasteiger partial charge in [0.1, 0.15) is 6.04 Å². The smallest absolute Gasteiger partial charge is 0.107 e. The molecular weight excluding hydrogens is 271 g/mol. The summed E-state index contributed by atoms with van der Waals surface area (Å²) in [6.07, 6.45) is 5.23. The second kappa shape index (κ2) is 4.07. The third-order valence-electron chi connectivity index (χ3n) is 1.25. The van der Waals surface area contributed by atoms with E-state index >= 15 is 0 Å². The van der Waals surface area contributed by atoms with Crippen LogP contribution in [0.5, 0.6) is 0 Å². The van der Waals surface area contributed by atoms with Crippen LogP contribution in [0.2, 0.25) is 0 Å². The number of hydrogen-bond donors (Lipinski definition) is 2. The highest BCUT2D eigenvalue weighted by molar-refractivity contribution is 14.1. The predicted molar refractivity (Wildman–Crippen MR) is 55.9 cm³/mol. The molecule has 4 heteroatoms. The predicted octanol–water partition coefficient (Wildman–Crippen LogP) is 1.49. The van der Waals surface area contributed by atoms with Gasteiger partial charge in [0.25, 0.3) is 0 Å². The van der Waals surface area contributed by atoms with Crippen LogP contribution < -0.4 is 11.3 Å². The molecule has 0 radical (unpaired) electrons. The lowest BCUT2D eigenvalue weighted by Crippen LogP contribution is -2.26. The average molecular weight is 278 g/mol. The van der Waals surface area contributed by atoms with Crippen molar-refractivity contribution in [1.82, 2.24) is 5.43 Å². The maximum absolute atomic E-state index is 5.23. The summed E-state index contributed by atoms with van der Waals surface area (Å²) in [5, 5.41) is 2.01. The Kier molecular flexibility index (Phi) is 3.33. The van der Waals surface area contributed by atoms with E-state index in [9.17, 15) is 0 Å². The summed E-state index contributed by atoms with van der Waals surface area (Å²) in [7, 11) is 0. The molecule has 0 saturated carbocycles. The first-order chi connectivity index (χ1) is 5.27. The molecule has 11 heavy (non-hydrogen) atoms. The van der Waals surface area contributed by atoms with Crippen LogP contribution in [0, 0.1) is 15.2 Å². The van der Waals surface area contributed by atoms with Gasteiger partial charge in [0.15, 0.2) is 0 Å². The second-order valence-corrected chi connectivity index (χ2v) is 4.76. The van der Waals surface area contributed by atoms with Crippen LogP contribution in [0.4, 0.5) is 0 Å². The molecule has 0 saturated heterocycles. The van der Waals surface area contributed by atoms with Crippen molar-refractivity contribution in [1.29, 1.82) is 0 Å². The molecule has 1 unspecified atom stereocenters. The highest BCUT2D eigenvalue weighted by Gasteiger charge is 2.06. The summed E-state index contributed by atoms with van der Waals surface area (Å²) in [5.41, 5.74) is 3.61. The Hall–Kier alpha value is -0.0900. The number of nitrogens with one attached hydrogen (secondary N) is 1. The monoisotopic (exact) mass is 278 g/mol. The van der Waals surface area contributed by atoms with E-state index in [2.05, 4.69) is 33.9 Å². The first-order valence-corrected chi connectivity index (χ1v) is 4.90. The van der Waals surface area contributed by atoms with Crippen molar-refractivity contribution in [3.05, 3.63) is 19.9 Å². The Labute approximate surface area is 83.3 Å². The van der Waals surface area contributed by atoms with Crippen molar-refractivity contribution in [2.45, 2.75) is 6.04 Å². The van der Waals surface area contributed by atoms with Gasteiger partial charge in [0.05, 0.1) is 2.88 Å². The fraction of sp³-hybridized carbons (Fsp3) is 0.143. The van der Waals surface area contributed by atoms with Gasteiger partial charge in [-0.1, -0.05) is 5.92 Å². The van der Waals surface area contributed by atoms with Gasteiger partial charge in [0.2, 0.25) is 0 Å². The number of hydrogen-bond acceptors (Lipinski definition) is 3. The SMILES string of the molecule is C#CC(NN)c1csc(I)c1. The molecule has 0 bridgehead atoms. The summed E-state index contributed by atoms with van der Waals surface area (Å²) in [5.74, 6) is 7.78. The summed E-state index contributed by atoms with van der Waals surface area (Å²) in [4.78, 5) is 0. The fourth-order valence-corrected chi connectivity index (χ4v) is 2.11. The van der Waals surface area contributed by atoms with E-state index < -0.39 is 0 Å². The van der Waals surface area contributed by atoms with Gasteiger partial charge >= 0.3 is 0 Å². The van der Waals surface area contributed by atoms with E-state index in [-0.39, 0.29) is 6.04 Å². The van der Waals surface area contributed by atoms with E-state index in [1.165, 1.54) is 2.88 Å². The molecule has 1 heterocycles. The van der Waals surface area contributed by atoms with E-state index in [1.807, 2.05) is 11.4 Å². The first-order valence-electron chi connectivity index (χ1n) is 2.94. The summed E-state index contributed by atoms with van der Waals surface area (Å²) in [6.45, 7) is 0. The molecule has 1 aromatic heterocycles.